The van der Waals surface area contributed by atoms with E-state index in [4.69, 9.17) is 17.4 Å². The van der Waals surface area contributed by atoms with Crippen molar-refractivity contribution >= 4 is 11.6 Å². The van der Waals surface area contributed by atoms with Crippen LogP contribution in [-0.4, -0.2) is 9.78 Å². The largest absolute Gasteiger partial charge is 0.272 e. The molecule has 0 fully saturated rings. The molecule has 2 rings (SSSR count). The maximum atomic E-state index is 5.88. The number of nitrogens with two attached hydrogens (primary N) is 1. The number of rotatable bonds is 4. The molecule has 0 aliphatic carbocycles. The molecular formula is C13H17ClN4. The number of hydrogen-bond acceptors (Lipinski definition) is 3. The lowest BCUT2D eigenvalue weighted by Crippen LogP contribution is -2.30. The molecular weight excluding hydrogens is 248 g/mol. The molecule has 0 saturated carbocycles. The zero-order chi connectivity index (χ0) is 13.1. The van der Waals surface area contributed by atoms with E-state index in [0.29, 0.717) is 0 Å². The van der Waals surface area contributed by atoms with Crippen LogP contribution in [0.2, 0.25) is 5.02 Å². The lowest BCUT2D eigenvalue weighted by Gasteiger charge is -2.16. The summed E-state index contributed by atoms with van der Waals surface area (Å²) in [5.41, 5.74) is 6.11. The molecule has 96 valence electrons. The van der Waals surface area contributed by atoms with Crippen molar-refractivity contribution in [3.05, 3.63) is 52.3 Å². The smallest absolute Gasteiger partial charge is 0.0596 e. The molecule has 0 spiro atoms. The van der Waals surface area contributed by atoms with Crippen LogP contribution in [0.4, 0.5) is 0 Å². The van der Waals surface area contributed by atoms with Gasteiger partial charge in [0.2, 0.25) is 0 Å². The zero-order valence-corrected chi connectivity index (χ0v) is 11.3. The lowest BCUT2D eigenvalue weighted by molar-refractivity contribution is 0.530. The van der Waals surface area contributed by atoms with Crippen molar-refractivity contribution in [3.63, 3.8) is 0 Å². The van der Waals surface area contributed by atoms with Crippen LogP contribution < -0.4 is 11.3 Å². The van der Waals surface area contributed by atoms with Gasteiger partial charge in [-0.05, 0) is 30.7 Å². The van der Waals surface area contributed by atoms with Crippen molar-refractivity contribution < 1.29 is 0 Å². The van der Waals surface area contributed by atoms with E-state index >= 15 is 0 Å². The normalized spacial score (nSPS) is 12.7. The maximum Gasteiger partial charge on any atom is 0.0596 e. The van der Waals surface area contributed by atoms with Gasteiger partial charge in [0.1, 0.15) is 0 Å². The quantitative estimate of drug-likeness (QED) is 0.657. The van der Waals surface area contributed by atoms with Gasteiger partial charge in [0.05, 0.1) is 11.7 Å². The Morgan fingerprint density at radius 3 is 2.56 bits per heavy atom. The molecule has 1 aromatic heterocycles. The highest BCUT2D eigenvalue weighted by Crippen LogP contribution is 2.20. The number of hydrogen-bond donors (Lipinski definition) is 2. The van der Waals surface area contributed by atoms with Gasteiger partial charge in [-0.25, -0.2) is 0 Å². The van der Waals surface area contributed by atoms with Crippen molar-refractivity contribution in [2.24, 2.45) is 12.9 Å². The summed E-state index contributed by atoms with van der Waals surface area (Å²) in [6, 6.07) is 9.83. The van der Waals surface area contributed by atoms with Gasteiger partial charge in [0, 0.05) is 24.2 Å². The summed E-state index contributed by atoms with van der Waals surface area (Å²) in [4.78, 5) is 0. The van der Waals surface area contributed by atoms with Gasteiger partial charge in [0.15, 0.2) is 0 Å². The van der Waals surface area contributed by atoms with Gasteiger partial charge in [0.25, 0.3) is 0 Å². The molecule has 0 aliphatic rings. The Kier molecular flexibility index (Phi) is 4.01. The SMILES string of the molecule is Cc1cc(CC(NN)c2ccc(Cl)cc2)n(C)n1. The molecule has 1 unspecified atom stereocenters. The van der Waals surface area contributed by atoms with Crippen molar-refractivity contribution in [1.29, 1.82) is 0 Å². The van der Waals surface area contributed by atoms with Crippen LogP contribution in [0.3, 0.4) is 0 Å². The molecule has 0 radical (unpaired) electrons. The molecule has 0 aliphatic heterocycles. The Morgan fingerprint density at radius 1 is 1.39 bits per heavy atom. The summed E-state index contributed by atoms with van der Waals surface area (Å²) in [6.45, 7) is 1.98. The monoisotopic (exact) mass is 264 g/mol. The molecule has 0 saturated heterocycles. The van der Waals surface area contributed by atoms with E-state index in [-0.39, 0.29) is 6.04 Å². The summed E-state index contributed by atoms with van der Waals surface area (Å²) >= 11 is 5.88. The van der Waals surface area contributed by atoms with E-state index in [0.717, 1.165) is 28.4 Å². The van der Waals surface area contributed by atoms with Crippen molar-refractivity contribution in [3.8, 4) is 0 Å². The fourth-order valence-electron chi connectivity index (χ4n) is 2.03. The van der Waals surface area contributed by atoms with Crippen molar-refractivity contribution in [2.45, 2.75) is 19.4 Å². The molecule has 2 aromatic rings. The van der Waals surface area contributed by atoms with E-state index < -0.39 is 0 Å². The predicted octanol–water partition coefficient (Wildman–Crippen LogP) is 2.13. The molecule has 18 heavy (non-hydrogen) atoms. The van der Waals surface area contributed by atoms with E-state index in [1.54, 1.807) is 0 Å². The number of benzene rings is 1. The van der Waals surface area contributed by atoms with Gasteiger partial charge < -0.3 is 0 Å². The number of nitrogens with one attached hydrogen (secondary N) is 1. The van der Waals surface area contributed by atoms with Crippen LogP contribution in [-0.2, 0) is 13.5 Å². The highest BCUT2D eigenvalue weighted by atomic mass is 35.5. The summed E-state index contributed by atoms with van der Waals surface area (Å²) in [7, 11) is 1.94. The number of halogens is 1. The molecule has 1 aromatic carbocycles. The first kappa shape index (κ1) is 13.1. The van der Waals surface area contributed by atoms with Crippen LogP contribution in [0.5, 0.6) is 0 Å². The minimum atomic E-state index is 0.0528. The third-order valence-corrected chi connectivity index (χ3v) is 3.24. The van der Waals surface area contributed by atoms with E-state index in [9.17, 15) is 0 Å². The molecule has 3 N–H and O–H groups in total. The van der Waals surface area contributed by atoms with Crippen LogP contribution in [0.25, 0.3) is 0 Å². The Morgan fingerprint density at radius 2 is 2.06 bits per heavy atom. The Hall–Kier alpha value is -1.36. The molecule has 4 nitrogen and oxygen atoms in total. The van der Waals surface area contributed by atoms with Crippen molar-refractivity contribution in [1.82, 2.24) is 15.2 Å². The molecule has 0 bridgehead atoms. The van der Waals surface area contributed by atoms with Crippen molar-refractivity contribution in [2.75, 3.05) is 0 Å². The van der Waals surface area contributed by atoms with Gasteiger partial charge in [-0.1, -0.05) is 23.7 Å². The fourth-order valence-corrected chi connectivity index (χ4v) is 2.16. The third-order valence-electron chi connectivity index (χ3n) is 2.99. The van der Waals surface area contributed by atoms with Gasteiger partial charge in [-0.2, -0.15) is 5.10 Å². The Labute approximate surface area is 112 Å². The second-order valence-electron chi connectivity index (χ2n) is 4.38. The number of aromatic nitrogens is 2. The van der Waals surface area contributed by atoms with Gasteiger partial charge in [-0.15, -0.1) is 0 Å². The molecule has 1 heterocycles. The lowest BCUT2D eigenvalue weighted by atomic mass is 10.0. The minimum absolute atomic E-state index is 0.0528. The summed E-state index contributed by atoms with van der Waals surface area (Å²) in [5, 5.41) is 5.06. The van der Waals surface area contributed by atoms with E-state index in [1.807, 2.05) is 42.9 Å². The highest BCUT2D eigenvalue weighted by molar-refractivity contribution is 6.30. The number of aryl methyl sites for hydroxylation is 2. The van der Waals surface area contributed by atoms with Crippen LogP contribution in [0.1, 0.15) is 23.0 Å². The van der Waals surface area contributed by atoms with Crippen LogP contribution in [0.15, 0.2) is 30.3 Å². The summed E-state index contributed by atoms with van der Waals surface area (Å²) in [5.74, 6) is 5.63. The highest BCUT2D eigenvalue weighted by Gasteiger charge is 2.13. The number of hydrazine groups is 1. The zero-order valence-electron chi connectivity index (χ0n) is 10.5. The maximum absolute atomic E-state index is 5.88. The second kappa shape index (κ2) is 5.52. The van der Waals surface area contributed by atoms with Gasteiger partial charge in [-0.3, -0.25) is 16.0 Å². The molecule has 5 heteroatoms. The minimum Gasteiger partial charge on any atom is -0.272 e. The number of nitrogens with zero attached hydrogens (tertiary/aromatic N) is 2. The fraction of sp³-hybridized carbons (Fsp3) is 0.308. The Bertz CT molecular complexity index is 518. The molecule has 1 atom stereocenters. The summed E-state index contributed by atoms with van der Waals surface area (Å²) in [6.07, 6.45) is 0.787. The van der Waals surface area contributed by atoms with E-state index in [2.05, 4.69) is 16.6 Å². The summed E-state index contributed by atoms with van der Waals surface area (Å²) < 4.78 is 1.88. The van der Waals surface area contributed by atoms with E-state index in [1.165, 1.54) is 0 Å². The average molecular weight is 265 g/mol. The van der Waals surface area contributed by atoms with Gasteiger partial charge >= 0.3 is 0 Å². The first-order valence-corrected chi connectivity index (χ1v) is 6.19. The third kappa shape index (κ3) is 2.90. The first-order chi connectivity index (χ1) is 8.60. The first-order valence-electron chi connectivity index (χ1n) is 5.81. The topological polar surface area (TPSA) is 55.9 Å². The molecule has 0 amide bonds. The second-order valence-corrected chi connectivity index (χ2v) is 4.81. The predicted molar refractivity (Wildman–Crippen MR) is 73.2 cm³/mol. The van der Waals surface area contributed by atoms with Crippen LogP contribution in [0, 0.1) is 6.92 Å². The van der Waals surface area contributed by atoms with Crippen LogP contribution >= 0.6 is 11.6 Å². The standard InChI is InChI=1S/C13H17ClN4/c1-9-7-12(18(2)17-9)8-13(16-15)10-3-5-11(14)6-4-10/h3-7,13,16H,8,15H2,1-2H3. The average Bonchev–Trinajstić information content (AvgIpc) is 2.66. The Balaban J connectivity index is 2.19.